The van der Waals surface area contributed by atoms with E-state index < -0.39 is 9.84 Å². The van der Waals surface area contributed by atoms with Gasteiger partial charge in [-0.2, -0.15) is 0 Å². The molecule has 0 aromatic carbocycles. The number of hydrogen-bond donors (Lipinski definition) is 0. The summed E-state index contributed by atoms with van der Waals surface area (Å²) < 4.78 is 21.0. The Hall–Kier alpha value is -0.0500. The molecular weight excluding hydrogens is 136 g/mol. The van der Waals surface area contributed by atoms with E-state index >= 15 is 0 Å². The van der Waals surface area contributed by atoms with Crippen molar-refractivity contribution in [2.75, 3.05) is 12.0 Å². The fourth-order valence-corrected chi connectivity index (χ4v) is 1.17. The molecule has 0 aliphatic heterocycles. The highest BCUT2D eigenvalue weighted by molar-refractivity contribution is 7.90. The van der Waals surface area contributed by atoms with Crippen LogP contribution in [-0.2, 0) is 9.84 Å². The first-order valence-corrected chi connectivity index (χ1v) is 4.94. The predicted octanol–water partition coefficient (Wildman–Crippen LogP) is 1.04. The van der Waals surface area contributed by atoms with Crippen LogP contribution in [0.15, 0.2) is 0 Å². The molecule has 0 N–H and O–H groups in total. The first-order chi connectivity index (χ1) is 3.92. The summed E-state index contributed by atoms with van der Waals surface area (Å²) in [4.78, 5) is 0. The maximum Gasteiger partial charge on any atom is 0.147 e. The zero-order chi connectivity index (χ0) is 7.49. The van der Waals surface area contributed by atoms with Crippen molar-refractivity contribution >= 4 is 9.84 Å². The average molecular weight is 149 g/mol. The quantitative estimate of drug-likeness (QED) is 0.600. The summed E-state index contributed by atoms with van der Waals surface area (Å²) in [6.07, 6.45) is 1.95. The molecule has 2 nitrogen and oxygen atoms in total. The van der Waals surface area contributed by atoms with Gasteiger partial charge in [0.15, 0.2) is 0 Å². The van der Waals surface area contributed by atoms with Crippen molar-refractivity contribution in [2.45, 2.75) is 20.3 Å². The first-order valence-electron chi connectivity index (χ1n) is 2.88. The molecular formula is C6H13O2S. The summed E-state index contributed by atoms with van der Waals surface area (Å²) in [5.41, 5.74) is 0. The van der Waals surface area contributed by atoms with Crippen LogP contribution in [0, 0.1) is 5.92 Å². The van der Waals surface area contributed by atoms with Crippen LogP contribution < -0.4 is 0 Å². The van der Waals surface area contributed by atoms with Gasteiger partial charge in [0.1, 0.15) is 9.84 Å². The minimum absolute atomic E-state index is 0.287. The van der Waals surface area contributed by atoms with Crippen LogP contribution in [0.3, 0.4) is 0 Å². The molecule has 0 spiro atoms. The van der Waals surface area contributed by atoms with Crippen molar-refractivity contribution in [3.8, 4) is 0 Å². The summed E-state index contributed by atoms with van der Waals surface area (Å²) in [6.45, 7) is 3.87. The Labute approximate surface area is 57.2 Å². The lowest BCUT2D eigenvalue weighted by Gasteiger charge is -1.99. The van der Waals surface area contributed by atoms with Crippen molar-refractivity contribution in [3.63, 3.8) is 0 Å². The maximum absolute atomic E-state index is 10.5. The molecule has 0 aliphatic carbocycles. The molecule has 0 amide bonds. The van der Waals surface area contributed by atoms with E-state index in [0.29, 0.717) is 6.42 Å². The Balaban J connectivity index is 3.53. The fourth-order valence-electron chi connectivity index (χ4n) is 0.390. The predicted molar refractivity (Wildman–Crippen MR) is 38.9 cm³/mol. The molecule has 0 unspecified atom stereocenters. The molecule has 0 saturated heterocycles. The topological polar surface area (TPSA) is 34.1 Å². The molecule has 0 aromatic heterocycles. The van der Waals surface area contributed by atoms with Crippen LogP contribution in [0.4, 0.5) is 0 Å². The van der Waals surface area contributed by atoms with Crippen molar-refractivity contribution < 1.29 is 8.42 Å². The molecule has 0 aliphatic rings. The van der Waals surface area contributed by atoms with E-state index in [-0.39, 0.29) is 5.75 Å². The van der Waals surface area contributed by atoms with Gasteiger partial charge in [-0.15, -0.1) is 0 Å². The highest BCUT2D eigenvalue weighted by atomic mass is 32.2. The molecule has 0 aromatic rings. The summed E-state index contributed by atoms with van der Waals surface area (Å²) >= 11 is 0. The van der Waals surface area contributed by atoms with E-state index in [1.165, 1.54) is 12.2 Å². The van der Waals surface area contributed by atoms with Crippen molar-refractivity contribution in [1.82, 2.24) is 0 Å². The van der Waals surface area contributed by atoms with E-state index in [4.69, 9.17) is 0 Å². The van der Waals surface area contributed by atoms with Gasteiger partial charge in [-0.05, 0) is 12.3 Å². The lowest BCUT2D eigenvalue weighted by molar-refractivity contribution is 0.599. The molecule has 0 atom stereocenters. The number of hydrogen-bond acceptors (Lipinski definition) is 2. The summed E-state index contributed by atoms with van der Waals surface area (Å²) in [5.74, 6) is 1.45. The molecule has 0 saturated carbocycles. The van der Waals surface area contributed by atoms with Gasteiger partial charge >= 0.3 is 0 Å². The van der Waals surface area contributed by atoms with Gasteiger partial charge in [-0.3, -0.25) is 0 Å². The average Bonchev–Trinajstić information content (AvgIpc) is 1.59. The SMILES string of the molecule is C[C](C)CCS(C)(=O)=O. The second-order valence-corrected chi connectivity index (χ2v) is 4.85. The van der Waals surface area contributed by atoms with Gasteiger partial charge in [0.25, 0.3) is 0 Å². The normalized spacial score (nSPS) is 12.4. The van der Waals surface area contributed by atoms with Gasteiger partial charge in [0, 0.05) is 6.26 Å². The molecule has 0 bridgehead atoms. The van der Waals surface area contributed by atoms with Crippen LogP contribution in [-0.4, -0.2) is 20.4 Å². The van der Waals surface area contributed by atoms with Crippen molar-refractivity contribution in [2.24, 2.45) is 0 Å². The third-order valence-corrected chi connectivity index (χ3v) is 1.92. The Morgan fingerprint density at radius 3 is 1.89 bits per heavy atom. The standard InChI is InChI=1S/C6H13O2S/c1-6(2)4-5-9(3,7)8/h4-5H2,1-3H3. The highest BCUT2D eigenvalue weighted by Gasteiger charge is 2.02. The Bertz CT molecular complexity index is 156. The smallest absolute Gasteiger partial charge is 0.147 e. The molecule has 0 heterocycles. The molecule has 0 rings (SSSR count). The first kappa shape index (κ1) is 8.95. The maximum atomic E-state index is 10.5. The minimum atomic E-state index is -2.74. The van der Waals surface area contributed by atoms with Crippen LogP contribution in [0.25, 0.3) is 0 Å². The van der Waals surface area contributed by atoms with Crippen LogP contribution in [0.1, 0.15) is 20.3 Å². The summed E-state index contributed by atoms with van der Waals surface area (Å²) in [6, 6.07) is 0. The zero-order valence-electron chi connectivity index (χ0n) is 6.14. The fraction of sp³-hybridized carbons (Fsp3) is 0.833. The van der Waals surface area contributed by atoms with E-state index in [1.54, 1.807) is 0 Å². The minimum Gasteiger partial charge on any atom is -0.229 e. The third kappa shape index (κ3) is 7.95. The number of rotatable bonds is 3. The Kier molecular flexibility index (Phi) is 3.18. The Morgan fingerprint density at radius 2 is 1.78 bits per heavy atom. The molecule has 55 valence electrons. The third-order valence-electron chi connectivity index (χ3n) is 0.973. The van der Waals surface area contributed by atoms with E-state index in [0.717, 1.165) is 0 Å². The molecule has 1 radical (unpaired) electrons. The second-order valence-electron chi connectivity index (χ2n) is 2.59. The Morgan fingerprint density at radius 1 is 1.33 bits per heavy atom. The van der Waals surface area contributed by atoms with Gasteiger partial charge in [-0.1, -0.05) is 13.8 Å². The summed E-state index contributed by atoms with van der Waals surface area (Å²) in [5, 5.41) is 0. The lowest BCUT2D eigenvalue weighted by Crippen LogP contribution is -2.04. The second kappa shape index (κ2) is 3.20. The lowest BCUT2D eigenvalue weighted by atomic mass is 10.2. The van der Waals surface area contributed by atoms with Crippen LogP contribution in [0.5, 0.6) is 0 Å². The monoisotopic (exact) mass is 149 g/mol. The molecule has 0 fully saturated rings. The number of sulfone groups is 1. The zero-order valence-corrected chi connectivity index (χ0v) is 6.96. The molecule has 9 heavy (non-hydrogen) atoms. The van der Waals surface area contributed by atoms with Gasteiger partial charge < -0.3 is 0 Å². The van der Waals surface area contributed by atoms with E-state index in [9.17, 15) is 8.42 Å². The van der Waals surface area contributed by atoms with Gasteiger partial charge in [-0.25, -0.2) is 8.42 Å². The van der Waals surface area contributed by atoms with E-state index in [2.05, 4.69) is 0 Å². The van der Waals surface area contributed by atoms with Gasteiger partial charge in [0.05, 0.1) is 5.75 Å². The largest absolute Gasteiger partial charge is 0.229 e. The summed E-state index contributed by atoms with van der Waals surface area (Å²) in [7, 11) is -2.74. The van der Waals surface area contributed by atoms with Crippen molar-refractivity contribution in [1.29, 1.82) is 0 Å². The van der Waals surface area contributed by atoms with Crippen LogP contribution >= 0.6 is 0 Å². The highest BCUT2D eigenvalue weighted by Crippen LogP contribution is 2.03. The van der Waals surface area contributed by atoms with E-state index in [1.807, 2.05) is 13.8 Å². The van der Waals surface area contributed by atoms with Gasteiger partial charge in [0.2, 0.25) is 0 Å². The van der Waals surface area contributed by atoms with Crippen molar-refractivity contribution in [3.05, 3.63) is 5.92 Å². The molecule has 3 heteroatoms. The van der Waals surface area contributed by atoms with Crippen LogP contribution in [0.2, 0.25) is 0 Å².